The quantitative estimate of drug-likeness (QED) is 0.791. The molecule has 1 atom stereocenters. The van der Waals surface area contributed by atoms with Crippen LogP contribution in [0.5, 0.6) is 0 Å². The van der Waals surface area contributed by atoms with E-state index in [-0.39, 0.29) is 11.1 Å². The maximum Gasteiger partial charge on any atom is 0.416 e. The highest BCUT2D eigenvalue weighted by Gasteiger charge is 2.34. The second-order valence-corrected chi connectivity index (χ2v) is 7.26. The van der Waals surface area contributed by atoms with Crippen molar-refractivity contribution in [3.05, 3.63) is 41.5 Å². The molecule has 1 N–H and O–H groups in total. The average Bonchev–Trinajstić information content (AvgIpc) is 2.92. The molecule has 0 saturated carbocycles. The molecule has 1 aliphatic rings. The summed E-state index contributed by atoms with van der Waals surface area (Å²) in [5, 5.41) is 3.21. The molecule has 8 heteroatoms. The zero-order valence-electron chi connectivity index (χ0n) is 15.5. The molecule has 1 aliphatic heterocycles. The van der Waals surface area contributed by atoms with Crippen LogP contribution in [0.25, 0.3) is 11.1 Å². The topological polar surface area (TPSA) is 41.1 Å². The van der Waals surface area contributed by atoms with Gasteiger partial charge in [0.15, 0.2) is 0 Å². The molecule has 0 bridgehead atoms. The van der Waals surface area contributed by atoms with Crippen LogP contribution in [0.15, 0.2) is 24.4 Å². The van der Waals surface area contributed by atoms with Gasteiger partial charge in [0.2, 0.25) is 5.95 Å². The Bertz CT molecular complexity index is 837. The summed E-state index contributed by atoms with van der Waals surface area (Å²) in [5.74, 6) is -0.526. The van der Waals surface area contributed by atoms with Gasteiger partial charge in [0.25, 0.3) is 0 Å². The summed E-state index contributed by atoms with van der Waals surface area (Å²) in [4.78, 5) is 10.9. The molecule has 4 nitrogen and oxygen atoms in total. The summed E-state index contributed by atoms with van der Waals surface area (Å²) in [7, 11) is 2.08. The van der Waals surface area contributed by atoms with Crippen LogP contribution in [0, 0.1) is 12.7 Å². The first-order valence-corrected chi connectivity index (χ1v) is 8.76. The van der Waals surface area contributed by atoms with E-state index in [0.717, 1.165) is 31.5 Å². The Hall–Kier alpha value is -2.22. The van der Waals surface area contributed by atoms with Crippen LogP contribution >= 0.6 is 0 Å². The predicted octanol–water partition coefficient (Wildman–Crippen LogP) is 4.51. The first-order valence-electron chi connectivity index (χ1n) is 8.76. The number of likely N-dealkylation sites (tertiary alicyclic amines) is 1. The van der Waals surface area contributed by atoms with Crippen molar-refractivity contribution in [3.8, 4) is 11.1 Å². The third-order valence-corrected chi connectivity index (χ3v) is 5.32. The summed E-state index contributed by atoms with van der Waals surface area (Å²) in [6, 6.07) is 2.48. The maximum atomic E-state index is 14.2. The molecular weight excluding hydrogens is 360 g/mol. The van der Waals surface area contributed by atoms with Gasteiger partial charge in [0.1, 0.15) is 5.82 Å². The molecule has 1 fully saturated rings. The van der Waals surface area contributed by atoms with E-state index in [4.69, 9.17) is 0 Å². The minimum Gasteiger partial charge on any atom is -0.352 e. The van der Waals surface area contributed by atoms with Gasteiger partial charge >= 0.3 is 6.18 Å². The van der Waals surface area contributed by atoms with E-state index in [1.54, 1.807) is 6.92 Å². The van der Waals surface area contributed by atoms with Gasteiger partial charge in [-0.2, -0.15) is 13.2 Å². The summed E-state index contributed by atoms with van der Waals surface area (Å²) in [5.41, 5.74) is -0.0775. The van der Waals surface area contributed by atoms with Gasteiger partial charge in [0, 0.05) is 29.4 Å². The molecule has 0 unspecified atom stereocenters. The smallest absolute Gasteiger partial charge is 0.352 e. The largest absolute Gasteiger partial charge is 0.416 e. The Balaban J connectivity index is 1.79. The molecule has 0 radical (unpaired) electrons. The Morgan fingerprint density at radius 3 is 2.56 bits per heavy atom. The second-order valence-electron chi connectivity index (χ2n) is 7.26. The Labute approximate surface area is 155 Å². The van der Waals surface area contributed by atoms with Crippen LogP contribution in [0.1, 0.15) is 31.0 Å². The van der Waals surface area contributed by atoms with Gasteiger partial charge in [-0.3, -0.25) is 4.90 Å². The van der Waals surface area contributed by atoms with Crippen molar-refractivity contribution in [2.75, 3.05) is 25.5 Å². The van der Waals surface area contributed by atoms with E-state index in [1.165, 1.54) is 6.20 Å². The van der Waals surface area contributed by atoms with Crippen molar-refractivity contribution in [3.63, 3.8) is 0 Å². The molecule has 0 spiro atoms. The summed E-state index contributed by atoms with van der Waals surface area (Å²) >= 11 is 0. The third kappa shape index (κ3) is 4.05. The van der Waals surface area contributed by atoms with Crippen molar-refractivity contribution < 1.29 is 17.6 Å². The summed E-state index contributed by atoms with van der Waals surface area (Å²) in [6.07, 6.45) is -0.926. The van der Waals surface area contributed by atoms with Gasteiger partial charge in [-0.15, -0.1) is 0 Å². The van der Waals surface area contributed by atoms with Gasteiger partial charge in [-0.05, 0) is 52.4 Å². The van der Waals surface area contributed by atoms with Crippen LogP contribution < -0.4 is 5.32 Å². The fourth-order valence-corrected chi connectivity index (χ4v) is 3.38. The minimum atomic E-state index is -4.58. The zero-order valence-corrected chi connectivity index (χ0v) is 15.5. The lowest BCUT2D eigenvalue weighted by atomic mass is 9.99. The number of anilines is 1. The van der Waals surface area contributed by atoms with E-state index in [2.05, 4.69) is 34.2 Å². The molecule has 1 aromatic heterocycles. The lowest BCUT2D eigenvalue weighted by molar-refractivity contribution is -0.137. The standard InChI is InChI=1S/C19H22F4N4/c1-12-15(14-6-5-13(9-16(14)20)19(21,22)23)10-24-17(26-12)25-11-18(2)7-4-8-27(18)3/h5-6,9-10H,4,7-8,11H2,1-3H3,(H,24,25,26)/t18-/m1/s1. The van der Waals surface area contributed by atoms with E-state index in [9.17, 15) is 17.6 Å². The fourth-order valence-electron chi connectivity index (χ4n) is 3.38. The fraction of sp³-hybridized carbons (Fsp3) is 0.474. The van der Waals surface area contributed by atoms with E-state index >= 15 is 0 Å². The SMILES string of the molecule is Cc1nc(NC[C@@]2(C)CCCN2C)ncc1-c1ccc(C(F)(F)F)cc1F. The minimum absolute atomic E-state index is 0.0233. The molecule has 1 aromatic carbocycles. The Morgan fingerprint density at radius 2 is 2.00 bits per heavy atom. The number of alkyl halides is 3. The first-order chi connectivity index (χ1) is 12.6. The van der Waals surface area contributed by atoms with Crippen LogP contribution in [0.3, 0.4) is 0 Å². The molecule has 1 saturated heterocycles. The van der Waals surface area contributed by atoms with Crippen molar-refractivity contribution in [1.29, 1.82) is 0 Å². The lowest BCUT2D eigenvalue weighted by Crippen LogP contribution is -2.44. The number of hydrogen-bond donors (Lipinski definition) is 1. The molecule has 0 amide bonds. The second kappa shape index (κ2) is 7.07. The number of rotatable bonds is 4. The van der Waals surface area contributed by atoms with Crippen molar-refractivity contribution >= 4 is 5.95 Å². The zero-order chi connectivity index (χ0) is 19.8. The number of nitrogens with zero attached hydrogens (tertiary/aromatic N) is 3. The number of benzene rings is 1. The number of likely N-dealkylation sites (N-methyl/N-ethyl adjacent to an activating group) is 1. The molecule has 0 aliphatic carbocycles. The molecule has 27 heavy (non-hydrogen) atoms. The van der Waals surface area contributed by atoms with Gasteiger partial charge in [-0.1, -0.05) is 6.07 Å². The number of hydrogen-bond acceptors (Lipinski definition) is 4. The predicted molar refractivity (Wildman–Crippen MR) is 95.9 cm³/mol. The molecule has 146 valence electrons. The van der Waals surface area contributed by atoms with E-state index in [0.29, 0.717) is 29.8 Å². The van der Waals surface area contributed by atoms with E-state index < -0.39 is 17.6 Å². The number of nitrogens with one attached hydrogen (secondary N) is 1. The van der Waals surface area contributed by atoms with Gasteiger partial charge in [-0.25, -0.2) is 14.4 Å². The van der Waals surface area contributed by atoms with Crippen molar-refractivity contribution in [2.45, 2.75) is 38.4 Å². The van der Waals surface area contributed by atoms with Gasteiger partial charge < -0.3 is 5.32 Å². The molecule has 3 rings (SSSR count). The molecule has 2 aromatic rings. The summed E-state index contributed by atoms with van der Waals surface area (Å²) < 4.78 is 52.3. The third-order valence-electron chi connectivity index (χ3n) is 5.32. The monoisotopic (exact) mass is 382 g/mol. The Morgan fingerprint density at radius 1 is 1.26 bits per heavy atom. The lowest BCUT2D eigenvalue weighted by Gasteiger charge is -2.32. The summed E-state index contributed by atoms with van der Waals surface area (Å²) in [6.45, 7) is 5.58. The van der Waals surface area contributed by atoms with Crippen molar-refractivity contribution in [1.82, 2.24) is 14.9 Å². The normalized spacial score (nSPS) is 20.9. The number of halogens is 4. The highest BCUT2D eigenvalue weighted by Crippen LogP contribution is 2.33. The molecule has 2 heterocycles. The van der Waals surface area contributed by atoms with E-state index in [1.807, 2.05) is 0 Å². The number of aryl methyl sites for hydroxylation is 1. The Kier molecular flexibility index (Phi) is 5.12. The highest BCUT2D eigenvalue weighted by atomic mass is 19.4. The highest BCUT2D eigenvalue weighted by molar-refractivity contribution is 5.66. The van der Waals surface area contributed by atoms with Crippen molar-refractivity contribution in [2.24, 2.45) is 0 Å². The van der Waals surface area contributed by atoms with Crippen LogP contribution in [0.4, 0.5) is 23.5 Å². The average molecular weight is 382 g/mol. The number of aromatic nitrogens is 2. The van der Waals surface area contributed by atoms with Crippen LogP contribution in [-0.4, -0.2) is 40.5 Å². The molecular formula is C19H22F4N4. The van der Waals surface area contributed by atoms with Gasteiger partial charge in [0.05, 0.1) is 11.3 Å². The first kappa shape index (κ1) is 19.5. The van der Waals surface area contributed by atoms with Crippen LogP contribution in [-0.2, 0) is 6.18 Å². The van der Waals surface area contributed by atoms with Crippen LogP contribution in [0.2, 0.25) is 0 Å². The maximum absolute atomic E-state index is 14.2.